The monoisotopic (exact) mass is 346 g/mol. The van der Waals surface area contributed by atoms with Gasteiger partial charge in [0.25, 0.3) is 0 Å². The van der Waals surface area contributed by atoms with E-state index in [1.165, 1.54) is 22.9 Å². The smallest absolute Gasteiger partial charge is 0.433 e. The number of hydrogen-bond donors (Lipinski definition) is 1. The summed E-state index contributed by atoms with van der Waals surface area (Å²) in [6.45, 7) is 2.07. The van der Waals surface area contributed by atoms with E-state index in [0.717, 1.165) is 12.1 Å². The average Bonchev–Trinajstić information content (AvgIpc) is 3.05. The topological polar surface area (TPSA) is 116 Å². The molecule has 0 fully saturated rings. The fourth-order valence-corrected chi connectivity index (χ4v) is 2.58. The summed E-state index contributed by atoms with van der Waals surface area (Å²) in [4.78, 5) is 33.4. The number of carboxylic acids is 1. The Morgan fingerprint density at radius 1 is 1.40 bits per heavy atom. The van der Waals surface area contributed by atoms with Crippen molar-refractivity contribution >= 4 is 22.8 Å². The minimum atomic E-state index is -1.40. The summed E-state index contributed by atoms with van der Waals surface area (Å²) in [7, 11) is 0. The van der Waals surface area contributed by atoms with E-state index in [1.54, 1.807) is 6.92 Å². The Labute approximate surface area is 138 Å². The molecule has 0 spiro atoms. The molecule has 0 unspecified atom stereocenters. The van der Waals surface area contributed by atoms with Gasteiger partial charge in [-0.25, -0.2) is 9.18 Å². The molecule has 2 aromatic heterocycles. The molecule has 0 amide bonds. The number of rotatable bonds is 4. The lowest BCUT2D eigenvalue weighted by molar-refractivity contribution is -0.401. The highest BCUT2D eigenvalue weighted by molar-refractivity contribution is 5.93. The highest BCUT2D eigenvalue weighted by Crippen LogP contribution is 2.30. The summed E-state index contributed by atoms with van der Waals surface area (Å²) in [5.74, 6) is -2.86. The Balaban J connectivity index is 2.31. The van der Waals surface area contributed by atoms with Gasteiger partial charge in [-0.2, -0.15) is 0 Å². The van der Waals surface area contributed by atoms with E-state index in [1.807, 2.05) is 0 Å². The standard InChI is InChI=1S/C16H11FN2O6/c1-2-18-7-10(16(21)22)15(20)9-5-11(17)8(6-12(9)18)13-3-4-14(25-13)19(23)24/h3-7H,2H2,1H3,(H,21,22). The molecular weight excluding hydrogens is 335 g/mol. The van der Waals surface area contributed by atoms with E-state index in [-0.39, 0.29) is 16.7 Å². The molecule has 0 saturated heterocycles. The Hall–Kier alpha value is -3.49. The van der Waals surface area contributed by atoms with Crippen molar-refractivity contribution in [3.8, 4) is 11.3 Å². The Kier molecular flexibility index (Phi) is 3.84. The van der Waals surface area contributed by atoms with Gasteiger partial charge in [0.05, 0.1) is 17.1 Å². The fraction of sp³-hybridized carbons (Fsp3) is 0.125. The molecule has 0 aliphatic heterocycles. The molecule has 0 bridgehead atoms. The maximum absolute atomic E-state index is 14.4. The normalized spacial score (nSPS) is 11.0. The van der Waals surface area contributed by atoms with Gasteiger partial charge < -0.3 is 14.1 Å². The van der Waals surface area contributed by atoms with Crippen LogP contribution in [0.3, 0.4) is 0 Å². The van der Waals surface area contributed by atoms with Crippen LogP contribution in [0.4, 0.5) is 10.3 Å². The molecule has 8 nitrogen and oxygen atoms in total. The van der Waals surface area contributed by atoms with Crippen LogP contribution in [0.5, 0.6) is 0 Å². The van der Waals surface area contributed by atoms with Crippen LogP contribution in [0.2, 0.25) is 0 Å². The number of halogens is 1. The fourth-order valence-electron chi connectivity index (χ4n) is 2.58. The summed E-state index contributed by atoms with van der Waals surface area (Å²) in [6.07, 6.45) is 1.18. The third kappa shape index (κ3) is 2.65. The zero-order chi connectivity index (χ0) is 18.3. The molecule has 0 aliphatic carbocycles. The first-order valence-electron chi connectivity index (χ1n) is 7.18. The molecule has 2 heterocycles. The second kappa shape index (κ2) is 5.86. The number of carbonyl (C=O) groups is 1. The largest absolute Gasteiger partial charge is 0.477 e. The number of benzene rings is 1. The van der Waals surface area contributed by atoms with Crippen molar-refractivity contribution in [3.63, 3.8) is 0 Å². The van der Waals surface area contributed by atoms with E-state index >= 15 is 0 Å². The first-order chi connectivity index (χ1) is 11.8. The minimum Gasteiger partial charge on any atom is -0.477 e. The summed E-state index contributed by atoms with van der Waals surface area (Å²) < 4.78 is 20.9. The Morgan fingerprint density at radius 2 is 2.12 bits per heavy atom. The molecular formula is C16H11FN2O6. The molecule has 0 saturated carbocycles. The van der Waals surface area contributed by atoms with Crippen molar-refractivity contribution in [1.29, 1.82) is 0 Å². The van der Waals surface area contributed by atoms with Crippen molar-refractivity contribution in [2.45, 2.75) is 13.5 Å². The highest BCUT2D eigenvalue weighted by Gasteiger charge is 2.20. The van der Waals surface area contributed by atoms with Gasteiger partial charge in [-0.15, -0.1) is 0 Å². The molecule has 1 aromatic carbocycles. The van der Waals surface area contributed by atoms with Gasteiger partial charge in [0.2, 0.25) is 5.43 Å². The second-order valence-corrected chi connectivity index (χ2v) is 5.21. The molecule has 1 N–H and O–H groups in total. The lowest BCUT2D eigenvalue weighted by atomic mass is 10.1. The van der Waals surface area contributed by atoms with Gasteiger partial charge in [0, 0.05) is 18.1 Å². The van der Waals surface area contributed by atoms with Crippen molar-refractivity contribution in [2.75, 3.05) is 0 Å². The lowest BCUT2D eigenvalue weighted by Crippen LogP contribution is -2.19. The van der Waals surface area contributed by atoms with Gasteiger partial charge in [-0.3, -0.25) is 14.9 Å². The first kappa shape index (κ1) is 16.4. The van der Waals surface area contributed by atoms with Crippen molar-refractivity contribution in [3.05, 3.63) is 62.2 Å². The summed E-state index contributed by atoms with van der Waals surface area (Å²) >= 11 is 0. The molecule has 3 rings (SSSR count). The Bertz CT molecular complexity index is 1080. The van der Waals surface area contributed by atoms with Crippen LogP contribution in [0.1, 0.15) is 17.3 Å². The number of fused-ring (bicyclic) bond motifs is 1. The number of aromatic carboxylic acids is 1. The maximum atomic E-state index is 14.4. The van der Waals surface area contributed by atoms with Crippen LogP contribution in [-0.4, -0.2) is 20.6 Å². The van der Waals surface area contributed by atoms with Crippen LogP contribution in [0.25, 0.3) is 22.2 Å². The molecule has 3 aromatic rings. The number of nitrogens with zero attached hydrogens (tertiary/aromatic N) is 2. The number of aryl methyl sites for hydroxylation is 1. The van der Waals surface area contributed by atoms with Crippen LogP contribution in [0.15, 0.2) is 39.7 Å². The number of furan rings is 1. The molecule has 0 radical (unpaired) electrons. The van der Waals surface area contributed by atoms with E-state index in [2.05, 4.69) is 0 Å². The summed E-state index contributed by atoms with van der Waals surface area (Å²) in [6, 6.07) is 4.57. The molecule has 25 heavy (non-hydrogen) atoms. The predicted octanol–water partition coefficient (Wildman–Crippen LogP) is 3.03. The van der Waals surface area contributed by atoms with E-state index in [9.17, 15) is 24.1 Å². The van der Waals surface area contributed by atoms with E-state index < -0.39 is 33.6 Å². The number of pyridine rings is 1. The summed E-state index contributed by atoms with van der Waals surface area (Å²) in [5, 5.41) is 19.7. The average molecular weight is 346 g/mol. The predicted molar refractivity (Wildman–Crippen MR) is 85.2 cm³/mol. The number of nitro groups is 1. The number of aromatic nitrogens is 1. The van der Waals surface area contributed by atoms with E-state index in [0.29, 0.717) is 12.1 Å². The van der Waals surface area contributed by atoms with Gasteiger partial charge in [-0.1, -0.05) is 0 Å². The number of carboxylic acid groups (broad SMARTS) is 1. The van der Waals surface area contributed by atoms with Gasteiger partial charge >= 0.3 is 11.9 Å². The first-order valence-corrected chi connectivity index (χ1v) is 7.18. The lowest BCUT2D eigenvalue weighted by Gasteiger charge is -2.11. The van der Waals surface area contributed by atoms with Crippen molar-refractivity contribution in [2.24, 2.45) is 0 Å². The van der Waals surface area contributed by atoms with Crippen molar-refractivity contribution < 1.29 is 23.6 Å². The van der Waals surface area contributed by atoms with Gasteiger partial charge in [0.15, 0.2) is 0 Å². The quantitative estimate of drug-likeness (QED) is 0.573. The van der Waals surface area contributed by atoms with Crippen LogP contribution in [-0.2, 0) is 6.54 Å². The van der Waals surface area contributed by atoms with Gasteiger partial charge in [-0.05, 0) is 25.1 Å². The number of hydrogen-bond acceptors (Lipinski definition) is 5. The molecule has 9 heteroatoms. The molecule has 128 valence electrons. The zero-order valence-corrected chi connectivity index (χ0v) is 12.9. The third-order valence-corrected chi connectivity index (χ3v) is 3.78. The molecule has 0 atom stereocenters. The van der Waals surface area contributed by atoms with Gasteiger partial charge in [0.1, 0.15) is 22.1 Å². The molecule has 0 aliphatic rings. The highest BCUT2D eigenvalue weighted by atomic mass is 19.1. The zero-order valence-electron chi connectivity index (χ0n) is 12.9. The summed E-state index contributed by atoms with van der Waals surface area (Å²) in [5.41, 5.74) is -1.03. The second-order valence-electron chi connectivity index (χ2n) is 5.21. The van der Waals surface area contributed by atoms with Crippen LogP contribution in [0, 0.1) is 15.9 Å². The maximum Gasteiger partial charge on any atom is 0.433 e. The van der Waals surface area contributed by atoms with Crippen LogP contribution < -0.4 is 5.43 Å². The minimum absolute atomic E-state index is 0.0646. The van der Waals surface area contributed by atoms with Crippen LogP contribution >= 0.6 is 0 Å². The third-order valence-electron chi connectivity index (χ3n) is 3.78. The van der Waals surface area contributed by atoms with E-state index in [4.69, 9.17) is 9.52 Å². The Morgan fingerprint density at radius 3 is 2.68 bits per heavy atom. The SMILES string of the molecule is CCn1cc(C(=O)O)c(=O)c2cc(F)c(-c3ccc([N+](=O)[O-])o3)cc21. The van der Waals surface area contributed by atoms with Crippen molar-refractivity contribution in [1.82, 2.24) is 4.57 Å².